The van der Waals surface area contributed by atoms with E-state index in [-0.39, 0.29) is 24.6 Å². The number of morpholine rings is 1. The number of rotatable bonds is 6. The van der Waals surface area contributed by atoms with Crippen LogP contribution < -0.4 is 15.8 Å². The zero-order chi connectivity index (χ0) is 24.4. The highest BCUT2D eigenvalue weighted by molar-refractivity contribution is 6.01. The third-order valence-electron chi connectivity index (χ3n) is 5.99. The normalized spacial score (nSPS) is 13.8. The summed E-state index contributed by atoms with van der Waals surface area (Å²) in [7, 11) is 1.52. The second kappa shape index (κ2) is 9.59. The molecule has 1 aliphatic heterocycles. The number of likely N-dealkylation sites (N-methyl/N-ethyl adjacent to an activating group) is 1. The van der Waals surface area contributed by atoms with E-state index in [1.165, 1.54) is 22.8 Å². The standard InChI is InChI=1S/C25H25N5O5/c1-28(14-21(31)27-17-6-8-18(9-7-17)29-10-12-34-13-11-29)22(32)15-30-16-26-23-19-4-2-3-5-20(19)35-24(23)25(30)33/h2-9,16H,10-15H2,1H3,(H,27,31). The molecule has 5 rings (SSSR count). The van der Waals surface area contributed by atoms with E-state index in [4.69, 9.17) is 9.15 Å². The Morgan fingerprint density at radius 1 is 1.09 bits per heavy atom. The largest absolute Gasteiger partial charge is 0.448 e. The van der Waals surface area contributed by atoms with Crippen molar-refractivity contribution < 1.29 is 18.7 Å². The lowest BCUT2D eigenvalue weighted by atomic mass is 10.2. The summed E-state index contributed by atoms with van der Waals surface area (Å²) in [6.07, 6.45) is 1.33. The van der Waals surface area contributed by atoms with Crippen LogP contribution in [0.3, 0.4) is 0 Å². The van der Waals surface area contributed by atoms with E-state index in [0.717, 1.165) is 24.2 Å². The van der Waals surface area contributed by atoms with Crippen LogP contribution in [0.5, 0.6) is 0 Å². The number of amides is 2. The third-order valence-corrected chi connectivity index (χ3v) is 5.99. The van der Waals surface area contributed by atoms with Crippen molar-refractivity contribution in [1.82, 2.24) is 14.5 Å². The highest BCUT2D eigenvalue weighted by Gasteiger charge is 2.18. The molecule has 1 aliphatic rings. The van der Waals surface area contributed by atoms with Gasteiger partial charge in [-0.3, -0.25) is 19.0 Å². The number of hydrogen-bond donors (Lipinski definition) is 1. The Hall–Kier alpha value is -4.18. The van der Waals surface area contributed by atoms with Gasteiger partial charge in [-0.25, -0.2) is 4.98 Å². The average molecular weight is 476 g/mol. The minimum atomic E-state index is -0.447. The molecule has 0 atom stereocenters. The number of carbonyl (C=O) groups excluding carboxylic acids is 2. The molecule has 2 aromatic heterocycles. The molecule has 3 heterocycles. The predicted octanol–water partition coefficient (Wildman–Crippen LogP) is 2.08. The van der Waals surface area contributed by atoms with Crippen molar-refractivity contribution in [3.63, 3.8) is 0 Å². The molecular formula is C25H25N5O5. The summed E-state index contributed by atoms with van der Waals surface area (Å²) in [6, 6.07) is 14.8. The van der Waals surface area contributed by atoms with Gasteiger partial charge in [-0.2, -0.15) is 0 Å². The molecule has 1 saturated heterocycles. The molecule has 4 aromatic rings. The molecule has 2 aromatic carbocycles. The summed E-state index contributed by atoms with van der Waals surface area (Å²) in [5, 5.41) is 3.54. The van der Waals surface area contributed by atoms with Crippen molar-refractivity contribution in [3.8, 4) is 0 Å². The zero-order valence-electron chi connectivity index (χ0n) is 19.3. The Morgan fingerprint density at radius 3 is 2.60 bits per heavy atom. The van der Waals surface area contributed by atoms with Gasteiger partial charge < -0.3 is 24.3 Å². The maximum atomic E-state index is 12.8. The molecule has 10 nitrogen and oxygen atoms in total. The van der Waals surface area contributed by atoms with Crippen LogP contribution in [0.25, 0.3) is 22.1 Å². The lowest BCUT2D eigenvalue weighted by Gasteiger charge is -2.28. The lowest BCUT2D eigenvalue weighted by molar-refractivity contribution is -0.133. The molecule has 0 saturated carbocycles. The van der Waals surface area contributed by atoms with E-state index < -0.39 is 11.5 Å². The molecule has 180 valence electrons. The summed E-state index contributed by atoms with van der Waals surface area (Å²) in [4.78, 5) is 45.8. The second-order valence-corrected chi connectivity index (χ2v) is 8.40. The highest BCUT2D eigenvalue weighted by atomic mass is 16.5. The molecule has 0 bridgehead atoms. The number of hydrogen-bond acceptors (Lipinski definition) is 7. The van der Waals surface area contributed by atoms with Crippen molar-refractivity contribution in [2.75, 3.05) is 50.1 Å². The number of fused-ring (bicyclic) bond motifs is 3. The number of furan rings is 1. The van der Waals surface area contributed by atoms with Crippen LogP contribution in [0.1, 0.15) is 0 Å². The van der Waals surface area contributed by atoms with Crippen molar-refractivity contribution in [2.45, 2.75) is 6.54 Å². The van der Waals surface area contributed by atoms with E-state index >= 15 is 0 Å². The lowest BCUT2D eigenvalue weighted by Crippen LogP contribution is -2.38. The number of ether oxygens (including phenoxy) is 1. The first-order chi connectivity index (χ1) is 17.0. The Morgan fingerprint density at radius 2 is 1.83 bits per heavy atom. The molecule has 0 spiro atoms. The van der Waals surface area contributed by atoms with Gasteiger partial charge in [-0.15, -0.1) is 0 Å². The van der Waals surface area contributed by atoms with Gasteiger partial charge >= 0.3 is 0 Å². The number of carbonyl (C=O) groups is 2. The SMILES string of the molecule is CN(CC(=O)Nc1ccc(N2CCOCC2)cc1)C(=O)Cn1cnc2c(oc3ccccc32)c1=O. The van der Waals surface area contributed by atoms with Gasteiger partial charge in [0.15, 0.2) is 0 Å². The highest BCUT2D eigenvalue weighted by Crippen LogP contribution is 2.24. The van der Waals surface area contributed by atoms with E-state index in [0.29, 0.717) is 30.0 Å². The zero-order valence-corrected chi connectivity index (χ0v) is 19.3. The van der Waals surface area contributed by atoms with Crippen molar-refractivity contribution in [3.05, 3.63) is 65.2 Å². The van der Waals surface area contributed by atoms with E-state index in [2.05, 4.69) is 15.2 Å². The summed E-state index contributed by atoms with van der Waals surface area (Å²) >= 11 is 0. The van der Waals surface area contributed by atoms with Gasteiger partial charge in [0.2, 0.25) is 17.4 Å². The smallest absolute Gasteiger partial charge is 0.297 e. The van der Waals surface area contributed by atoms with Crippen LogP contribution in [0.4, 0.5) is 11.4 Å². The Balaban J connectivity index is 1.20. The fourth-order valence-corrected chi connectivity index (χ4v) is 4.08. The molecule has 10 heteroatoms. The summed E-state index contributed by atoms with van der Waals surface area (Å²) in [6.45, 7) is 2.66. The monoisotopic (exact) mass is 475 g/mol. The fraction of sp³-hybridized carbons (Fsp3) is 0.280. The fourth-order valence-electron chi connectivity index (χ4n) is 4.08. The maximum Gasteiger partial charge on any atom is 0.297 e. The summed E-state index contributed by atoms with van der Waals surface area (Å²) in [5.41, 5.74) is 2.38. The number of aromatic nitrogens is 2. The Labute approximate surface area is 200 Å². The van der Waals surface area contributed by atoms with Crippen LogP contribution in [0, 0.1) is 0 Å². The van der Waals surface area contributed by atoms with Crippen molar-refractivity contribution >= 4 is 45.3 Å². The Bertz CT molecular complexity index is 1440. The van der Waals surface area contributed by atoms with Gasteiger partial charge in [0.05, 0.1) is 26.1 Å². The van der Waals surface area contributed by atoms with E-state index in [1.54, 1.807) is 6.07 Å². The van der Waals surface area contributed by atoms with Crippen LogP contribution >= 0.6 is 0 Å². The first-order valence-corrected chi connectivity index (χ1v) is 11.3. The number of benzene rings is 2. The average Bonchev–Trinajstić information content (AvgIpc) is 3.26. The second-order valence-electron chi connectivity index (χ2n) is 8.40. The summed E-state index contributed by atoms with van der Waals surface area (Å²) < 4.78 is 12.2. The number of anilines is 2. The maximum absolute atomic E-state index is 12.8. The first kappa shape index (κ1) is 22.6. The van der Waals surface area contributed by atoms with Gasteiger partial charge in [0.1, 0.15) is 17.6 Å². The van der Waals surface area contributed by atoms with E-state index in [9.17, 15) is 14.4 Å². The molecule has 1 N–H and O–H groups in total. The topological polar surface area (TPSA) is 110 Å². The van der Waals surface area contributed by atoms with Crippen LogP contribution in [0.15, 0.2) is 64.1 Å². The number of nitrogens with zero attached hydrogens (tertiary/aromatic N) is 4. The minimum absolute atomic E-state index is 0.0995. The van der Waals surface area contributed by atoms with Gasteiger partial charge in [0.25, 0.3) is 5.56 Å². The molecule has 2 amide bonds. The summed E-state index contributed by atoms with van der Waals surface area (Å²) in [5.74, 6) is -0.736. The molecule has 1 fully saturated rings. The van der Waals surface area contributed by atoms with Crippen LogP contribution in [0.2, 0.25) is 0 Å². The van der Waals surface area contributed by atoms with Crippen molar-refractivity contribution in [2.24, 2.45) is 0 Å². The molecule has 0 radical (unpaired) electrons. The van der Waals surface area contributed by atoms with Gasteiger partial charge in [-0.05, 0) is 36.4 Å². The third kappa shape index (κ3) is 4.73. The molecule has 0 aliphatic carbocycles. The molecule has 0 unspecified atom stereocenters. The van der Waals surface area contributed by atoms with Crippen LogP contribution in [-0.4, -0.2) is 66.2 Å². The first-order valence-electron chi connectivity index (χ1n) is 11.3. The van der Waals surface area contributed by atoms with Gasteiger partial charge in [-0.1, -0.05) is 12.1 Å². The quantitative estimate of drug-likeness (QED) is 0.455. The predicted molar refractivity (Wildman–Crippen MR) is 132 cm³/mol. The van der Waals surface area contributed by atoms with Gasteiger partial charge in [0, 0.05) is 36.9 Å². The van der Waals surface area contributed by atoms with Crippen LogP contribution in [-0.2, 0) is 20.9 Å². The van der Waals surface area contributed by atoms with Crippen molar-refractivity contribution in [1.29, 1.82) is 0 Å². The number of para-hydroxylation sites is 1. The minimum Gasteiger partial charge on any atom is -0.448 e. The van der Waals surface area contributed by atoms with E-state index in [1.807, 2.05) is 42.5 Å². The molecular weight excluding hydrogens is 450 g/mol. The molecule has 35 heavy (non-hydrogen) atoms. The Kier molecular flexibility index (Phi) is 6.19. The number of nitrogens with one attached hydrogen (secondary N) is 1.